The normalized spacial score (nSPS) is 10.4. The lowest BCUT2D eigenvalue weighted by molar-refractivity contribution is -0.161. The van der Waals surface area contributed by atoms with Crippen LogP contribution in [0.1, 0.15) is 56.1 Å². The predicted molar refractivity (Wildman–Crippen MR) is 141 cm³/mol. The van der Waals surface area contributed by atoms with Crippen molar-refractivity contribution in [1.29, 1.82) is 0 Å². The zero-order valence-electron chi connectivity index (χ0n) is 22.9. The molecule has 0 heterocycles. The van der Waals surface area contributed by atoms with Gasteiger partial charge in [0.25, 0.3) is 0 Å². The van der Waals surface area contributed by atoms with E-state index in [9.17, 15) is 19.2 Å². The van der Waals surface area contributed by atoms with Crippen LogP contribution in [0.5, 0.6) is 23.0 Å². The minimum atomic E-state index is -0.663. The first-order valence-corrected chi connectivity index (χ1v) is 12.7. The van der Waals surface area contributed by atoms with Gasteiger partial charge in [-0.2, -0.15) is 0 Å². The SMILES string of the molecule is COc1ccc(OC)c(CC(=O)OC(=O)CCCCCCCC(=O)OC(=O)Cc2cc(OC)ccc2OC)c1. The van der Waals surface area contributed by atoms with E-state index in [4.69, 9.17) is 28.4 Å². The molecule has 0 amide bonds. The lowest BCUT2D eigenvalue weighted by Crippen LogP contribution is -2.15. The van der Waals surface area contributed by atoms with Crippen molar-refractivity contribution in [2.45, 2.75) is 57.8 Å². The molecule has 0 spiro atoms. The van der Waals surface area contributed by atoms with Crippen molar-refractivity contribution in [3.63, 3.8) is 0 Å². The number of carbonyl (C=O) groups is 4. The summed E-state index contributed by atoms with van der Waals surface area (Å²) in [6.07, 6.45) is 3.36. The number of carbonyl (C=O) groups excluding carboxylic acids is 4. The van der Waals surface area contributed by atoms with Crippen LogP contribution in [0.2, 0.25) is 0 Å². The summed E-state index contributed by atoms with van der Waals surface area (Å²) in [6, 6.07) is 10.1. The van der Waals surface area contributed by atoms with E-state index in [0.29, 0.717) is 47.0 Å². The molecule has 0 N–H and O–H groups in total. The Morgan fingerprint density at radius 1 is 0.513 bits per heavy atom. The first kappa shape index (κ1) is 31.1. The number of unbranched alkanes of at least 4 members (excludes halogenated alkanes) is 4. The number of esters is 4. The molecule has 0 aromatic heterocycles. The second-order valence-corrected chi connectivity index (χ2v) is 8.67. The van der Waals surface area contributed by atoms with E-state index in [-0.39, 0.29) is 25.7 Å². The van der Waals surface area contributed by atoms with Crippen LogP contribution in [-0.2, 0) is 41.5 Å². The van der Waals surface area contributed by atoms with E-state index in [1.165, 1.54) is 28.4 Å². The highest BCUT2D eigenvalue weighted by Gasteiger charge is 2.16. The van der Waals surface area contributed by atoms with Crippen molar-refractivity contribution >= 4 is 23.9 Å². The molecular weight excluding hydrogens is 508 g/mol. The standard InChI is InChI=1S/C29H36O10/c1-34-22-12-14-24(36-3)20(16-22)18-28(32)38-26(30)10-8-6-5-7-9-11-27(31)39-29(33)19-21-17-23(35-2)13-15-25(21)37-4/h12-17H,5-11,18-19H2,1-4H3. The molecular formula is C29H36O10. The third-order valence-corrected chi connectivity index (χ3v) is 5.86. The Labute approximate surface area is 228 Å². The van der Waals surface area contributed by atoms with Crippen LogP contribution in [0.25, 0.3) is 0 Å². The maximum absolute atomic E-state index is 12.1. The van der Waals surface area contributed by atoms with Gasteiger partial charge in [0.15, 0.2) is 0 Å². The van der Waals surface area contributed by atoms with E-state index in [1.807, 2.05) is 0 Å². The van der Waals surface area contributed by atoms with Gasteiger partial charge in [0.2, 0.25) is 0 Å². The van der Waals surface area contributed by atoms with Crippen molar-refractivity contribution in [1.82, 2.24) is 0 Å². The molecule has 0 aliphatic rings. The first-order valence-electron chi connectivity index (χ1n) is 12.7. The summed E-state index contributed by atoms with van der Waals surface area (Å²) in [6.45, 7) is 0. The fourth-order valence-electron chi connectivity index (χ4n) is 3.85. The Morgan fingerprint density at radius 2 is 0.897 bits per heavy atom. The molecule has 39 heavy (non-hydrogen) atoms. The number of hydrogen-bond acceptors (Lipinski definition) is 10. The van der Waals surface area contributed by atoms with Gasteiger partial charge in [-0.25, -0.2) is 0 Å². The van der Waals surface area contributed by atoms with Gasteiger partial charge in [-0.05, 0) is 49.2 Å². The molecule has 0 saturated carbocycles. The Hall–Kier alpha value is -4.08. The van der Waals surface area contributed by atoms with Gasteiger partial charge in [0.05, 0.1) is 41.3 Å². The second kappa shape index (κ2) is 16.7. The van der Waals surface area contributed by atoms with Gasteiger partial charge in [0.1, 0.15) is 23.0 Å². The zero-order chi connectivity index (χ0) is 28.6. The molecule has 2 aromatic rings. The molecule has 0 radical (unpaired) electrons. The average Bonchev–Trinajstić information content (AvgIpc) is 2.92. The molecule has 0 aliphatic heterocycles. The molecule has 0 aliphatic carbocycles. The Balaban J connectivity index is 1.59. The van der Waals surface area contributed by atoms with Crippen molar-refractivity contribution < 1.29 is 47.6 Å². The monoisotopic (exact) mass is 544 g/mol. The van der Waals surface area contributed by atoms with Crippen LogP contribution in [0, 0.1) is 0 Å². The quantitative estimate of drug-likeness (QED) is 0.171. The highest BCUT2D eigenvalue weighted by molar-refractivity contribution is 5.87. The van der Waals surface area contributed by atoms with E-state index in [2.05, 4.69) is 0 Å². The molecule has 0 saturated heterocycles. The van der Waals surface area contributed by atoms with E-state index in [1.54, 1.807) is 36.4 Å². The molecule has 2 rings (SSSR count). The van der Waals surface area contributed by atoms with Crippen LogP contribution in [-0.4, -0.2) is 52.3 Å². The highest BCUT2D eigenvalue weighted by Crippen LogP contribution is 2.26. The van der Waals surface area contributed by atoms with Crippen molar-refractivity contribution in [3.05, 3.63) is 47.5 Å². The fraction of sp³-hybridized carbons (Fsp3) is 0.448. The summed E-state index contributed by atoms with van der Waals surface area (Å²) in [5.41, 5.74) is 1.13. The summed E-state index contributed by atoms with van der Waals surface area (Å²) in [5.74, 6) is -0.351. The molecule has 0 atom stereocenters. The van der Waals surface area contributed by atoms with Crippen molar-refractivity contribution in [2.24, 2.45) is 0 Å². The van der Waals surface area contributed by atoms with Crippen LogP contribution in [0.3, 0.4) is 0 Å². The van der Waals surface area contributed by atoms with Crippen LogP contribution >= 0.6 is 0 Å². The number of hydrogen-bond donors (Lipinski definition) is 0. The van der Waals surface area contributed by atoms with Gasteiger partial charge in [0, 0.05) is 24.0 Å². The Kier molecular flexibility index (Phi) is 13.3. The molecule has 10 heteroatoms. The molecule has 10 nitrogen and oxygen atoms in total. The summed E-state index contributed by atoms with van der Waals surface area (Å²) in [4.78, 5) is 48.3. The highest BCUT2D eigenvalue weighted by atomic mass is 16.6. The van der Waals surface area contributed by atoms with Crippen molar-refractivity contribution in [2.75, 3.05) is 28.4 Å². The van der Waals surface area contributed by atoms with Crippen LogP contribution in [0.4, 0.5) is 0 Å². The van der Waals surface area contributed by atoms with E-state index < -0.39 is 23.9 Å². The topological polar surface area (TPSA) is 124 Å². The predicted octanol–water partition coefficient (Wildman–Crippen LogP) is 4.38. The minimum absolute atomic E-state index is 0.113. The number of rotatable bonds is 16. The Morgan fingerprint density at radius 3 is 1.26 bits per heavy atom. The summed E-state index contributed by atoms with van der Waals surface area (Å²) in [7, 11) is 6.02. The van der Waals surface area contributed by atoms with E-state index in [0.717, 1.165) is 19.3 Å². The minimum Gasteiger partial charge on any atom is -0.497 e. The maximum atomic E-state index is 12.1. The second-order valence-electron chi connectivity index (χ2n) is 8.67. The smallest absolute Gasteiger partial charge is 0.318 e. The van der Waals surface area contributed by atoms with Crippen LogP contribution < -0.4 is 18.9 Å². The lowest BCUT2D eigenvalue weighted by Gasteiger charge is -2.10. The maximum Gasteiger partial charge on any atom is 0.318 e. The fourth-order valence-corrected chi connectivity index (χ4v) is 3.85. The number of methoxy groups -OCH3 is 4. The Bertz CT molecular complexity index is 1040. The van der Waals surface area contributed by atoms with Crippen molar-refractivity contribution in [3.8, 4) is 23.0 Å². The van der Waals surface area contributed by atoms with Crippen LogP contribution in [0.15, 0.2) is 36.4 Å². The van der Waals surface area contributed by atoms with Gasteiger partial charge in [-0.1, -0.05) is 19.3 Å². The molecule has 0 unspecified atom stereocenters. The number of ether oxygens (including phenoxy) is 6. The molecule has 0 bridgehead atoms. The van der Waals surface area contributed by atoms with Gasteiger partial charge >= 0.3 is 23.9 Å². The lowest BCUT2D eigenvalue weighted by atomic mass is 10.1. The third-order valence-electron chi connectivity index (χ3n) is 5.86. The summed E-state index contributed by atoms with van der Waals surface area (Å²) < 4.78 is 30.6. The summed E-state index contributed by atoms with van der Waals surface area (Å²) in [5, 5.41) is 0. The third kappa shape index (κ3) is 11.1. The zero-order valence-corrected chi connectivity index (χ0v) is 22.9. The summed E-state index contributed by atoms with van der Waals surface area (Å²) >= 11 is 0. The number of benzene rings is 2. The average molecular weight is 545 g/mol. The molecule has 2 aromatic carbocycles. The first-order chi connectivity index (χ1) is 18.8. The van der Waals surface area contributed by atoms with Gasteiger partial charge in [-0.15, -0.1) is 0 Å². The molecule has 212 valence electrons. The molecule has 0 fully saturated rings. The van der Waals surface area contributed by atoms with Gasteiger partial charge < -0.3 is 28.4 Å². The van der Waals surface area contributed by atoms with Gasteiger partial charge in [-0.3, -0.25) is 19.2 Å². The van der Waals surface area contributed by atoms with E-state index >= 15 is 0 Å². The largest absolute Gasteiger partial charge is 0.497 e.